The fourth-order valence-electron chi connectivity index (χ4n) is 1.08. The smallest absolute Gasteiger partial charge is 0.155 e. The molecule has 0 aliphatic rings. The van der Waals surface area contributed by atoms with Crippen molar-refractivity contribution in [1.82, 2.24) is 0 Å². The van der Waals surface area contributed by atoms with E-state index >= 15 is 0 Å². The van der Waals surface area contributed by atoms with Crippen molar-refractivity contribution < 1.29 is 9.53 Å². The standard InChI is InChI=1S/C11H14O2/c1-9-5-3-4-6-11(9)8-13-7-10(2)12/h3-6H,7-8H2,1-2H3. The zero-order valence-electron chi connectivity index (χ0n) is 8.04. The lowest BCUT2D eigenvalue weighted by molar-refractivity contribution is -0.121. The molecule has 0 spiro atoms. The lowest BCUT2D eigenvalue weighted by Gasteiger charge is -2.04. The first kappa shape index (κ1) is 9.93. The Bertz CT molecular complexity index is 292. The molecular formula is C11H14O2. The van der Waals surface area contributed by atoms with Crippen LogP contribution in [0.1, 0.15) is 18.1 Å². The van der Waals surface area contributed by atoms with Gasteiger partial charge in [0.2, 0.25) is 0 Å². The molecule has 2 nitrogen and oxygen atoms in total. The Kier molecular flexibility index (Phi) is 3.65. The first-order valence-electron chi connectivity index (χ1n) is 4.32. The van der Waals surface area contributed by atoms with Crippen LogP contribution in [0.5, 0.6) is 0 Å². The number of rotatable bonds is 4. The van der Waals surface area contributed by atoms with Crippen molar-refractivity contribution in [1.29, 1.82) is 0 Å². The summed E-state index contributed by atoms with van der Waals surface area (Å²) in [6.45, 7) is 4.28. The second-order valence-electron chi connectivity index (χ2n) is 3.12. The van der Waals surface area contributed by atoms with E-state index in [0.29, 0.717) is 6.61 Å². The monoisotopic (exact) mass is 178 g/mol. The number of aryl methyl sites for hydroxylation is 1. The van der Waals surface area contributed by atoms with Gasteiger partial charge >= 0.3 is 0 Å². The molecule has 0 heterocycles. The number of Topliss-reactive ketones (excluding diaryl/α,β-unsaturated/α-hetero) is 1. The van der Waals surface area contributed by atoms with E-state index in [1.165, 1.54) is 12.5 Å². The Labute approximate surface area is 78.5 Å². The molecule has 1 aromatic rings. The molecule has 0 saturated heterocycles. The second-order valence-corrected chi connectivity index (χ2v) is 3.12. The van der Waals surface area contributed by atoms with Gasteiger partial charge < -0.3 is 4.74 Å². The minimum absolute atomic E-state index is 0.0635. The molecule has 0 unspecified atom stereocenters. The summed E-state index contributed by atoms with van der Waals surface area (Å²) in [5.41, 5.74) is 2.34. The quantitative estimate of drug-likeness (QED) is 0.705. The maximum Gasteiger partial charge on any atom is 0.155 e. The van der Waals surface area contributed by atoms with E-state index in [-0.39, 0.29) is 12.4 Å². The highest BCUT2D eigenvalue weighted by Crippen LogP contribution is 2.07. The maximum absolute atomic E-state index is 10.6. The Hall–Kier alpha value is -1.15. The summed E-state index contributed by atoms with van der Waals surface area (Å²) in [6, 6.07) is 8.01. The van der Waals surface area contributed by atoms with Gasteiger partial charge in [-0.1, -0.05) is 24.3 Å². The summed E-state index contributed by atoms with van der Waals surface area (Å²) in [4.78, 5) is 10.6. The highest BCUT2D eigenvalue weighted by molar-refractivity contribution is 5.76. The SMILES string of the molecule is CC(=O)COCc1ccccc1C. The van der Waals surface area contributed by atoms with Crippen LogP contribution in [-0.4, -0.2) is 12.4 Å². The topological polar surface area (TPSA) is 26.3 Å². The molecule has 1 rings (SSSR count). The molecular weight excluding hydrogens is 164 g/mol. The van der Waals surface area contributed by atoms with Crippen LogP contribution < -0.4 is 0 Å². The van der Waals surface area contributed by atoms with E-state index in [4.69, 9.17) is 4.74 Å². The maximum atomic E-state index is 10.6. The summed E-state index contributed by atoms with van der Waals surface area (Å²) in [5.74, 6) is 0.0635. The summed E-state index contributed by atoms with van der Waals surface area (Å²) in [7, 11) is 0. The molecule has 0 bridgehead atoms. The zero-order chi connectivity index (χ0) is 9.68. The molecule has 2 heteroatoms. The van der Waals surface area contributed by atoms with E-state index in [1.807, 2.05) is 31.2 Å². The third-order valence-electron chi connectivity index (χ3n) is 1.82. The summed E-state index contributed by atoms with van der Waals surface area (Å²) in [5, 5.41) is 0. The Morgan fingerprint density at radius 2 is 2.08 bits per heavy atom. The number of hydrogen-bond acceptors (Lipinski definition) is 2. The van der Waals surface area contributed by atoms with Crippen molar-refractivity contribution in [2.45, 2.75) is 20.5 Å². The van der Waals surface area contributed by atoms with Gasteiger partial charge in [0.25, 0.3) is 0 Å². The number of benzene rings is 1. The molecule has 0 atom stereocenters. The summed E-state index contributed by atoms with van der Waals surface area (Å²) in [6.07, 6.45) is 0. The first-order chi connectivity index (χ1) is 6.20. The third-order valence-corrected chi connectivity index (χ3v) is 1.82. The highest BCUT2D eigenvalue weighted by atomic mass is 16.5. The van der Waals surface area contributed by atoms with Crippen LogP contribution in [0, 0.1) is 6.92 Å². The minimum atomic E-state index is 0.0635. The number of ether oxygens (including phenoxy) is 1. The second kappa shape index (κ2) is 4.77. The van der Waals surface area contributed by atoms with Crippen molar-refractivity contribution in [2.75, 3.05) is 6.61 Å². The van der Waals surface area contributed by atoms with Crippen LogP contribution in [0.25, 0.3) is 0 Å². The highest BCUT2D eigenvalue weighted by Gasteiger charge is 1.97. The van der Waals surface area contributed by atoms with Crippen molar-refractivity contribution in [2.24, 2.45) is 0 Å². The van der Waals surface area contributed by atoms with E-state index in [2.05, 4.69) is 0 Å². The van der Waals surface area contributed by atoms with E-state index in [0.717, 1.165) is 5.56 Å². The molecule has 0 aliphatic carbocycles. The van der Waals surface area contributed by atoms with Gasteiger partial charge in [-0.15, -0.1) is 0 Å². The number of hydrogen-bond donors (Lipinski definition) is 0. The average molecular weight is 178 g/mol. The third kappa shape index (κ3) is 3.38. The fraction of sp³-hybridized carbons (Fsp3) is 0.364. The first-order valence-corrected chi connectivity index (χ1v) is 4.32. The van der Waals surface area contributed by atoms with Gasteiger partial charge in [-0.2, -0.15) is 0 Å². The normalized spacial score (nSPS) is 10.0. The predicted molar refractivity (Wildman–Crippen MR) is 51.5 cm³/mol. The van der Waals surface area contributed by atoms with E-state index < -0.39 is 0 Å². The van der Waals surface area contributed by atoms with Gasteiger partial charge in [-0.3, -0.25) is 4.79 Å². The molecule has 0 radical (unpaired) electrons. The van der Waals surface area contributed by atoms with Crippen molar-refractivity contribution >= 4 is 5.78 Å². The van der Waals surface area contributed by atoms with Gasteiger partial charge in [0.05, 0.1) is 6.61 Å². The average Bonchev–Trinajstić information content (AvgIpc) is 2.08. The molecule has 13 heavy (non-hydrogen) atoms. The Morgan fingerprint density at radius 3 is 2.69 bits per heavy atom. The van der Waals surface area contributed by atoms with Crippen molar-refractivity contribution in [3.05, 3.63) is 35.4 Å². The van der Waals surface area contributed by atoms with Crippen LogP contribution in [0.3, 0.4) is 0 Å². The minimum Gasteiger partial charge on any atom is -0.369 e. The van der Waals surface area contributed by atoms with Crippen LogP contribution in [0.2, 0.25) is 0 Å². The number of ketones is 1. The van der Waals surface area contributed by atoms with Crippen molar-refractivity contribution in [3.63, 3.8) is 0 Å². The van der Waals surface area contributed by atoms with Crippen LogP contribution in [0.4, 0.5) is 0 Å². The molecule has 1 aromatic carbocycles. The Balaban J connectivity index is 2.45. The van der Waals surface area contributed by atoms with Crippen LogP contribution in [-0.2, 0) is 16.1 Å². The van der Waals surface area contributed by atoms with Gasteiger partial charge in [-0.05, 0) is 25.0 Å². The molecule has 0 amide bonds. The van der Waals surface area contributed by atoms with Gasteiger partial charge in [0, 0.05) is 0 Å². The molecule has 0 aromatic heterocycles. The molecule has 0 fully saturated rings. The van der Waals surface area contributed by atoms with Gasteiger partial charge in [0.15, 0.2) is 5.78 Å². The van der Waals surface area contributed by atoms with Crippen LogP contribution in [0.15, 0.2) is 24.3 Å². The van der Waals surface area contributed by atoms with E-state index in [1.54, 1.807) is 0 Å². The molecule has 0 N–H and O–H groups in total. The Morgan fingerprint density at radius 1 is 1.38 bits per heavy atom. The van der Waals surface area contributed by atoms with Crippen LogP contribution >= 0.6 is 0 Å². The zero-order valence-corrected chi connectivity index (χ0v) is 8.04. The lowest BCUT2D eigenvalue weighted by Crippen LogP contribution is -2.04. The molecule has 0 aliphatic heterocycles. The fourth-order valence-corrected chi connectivity index (χ4v) is 1.08. The largest absolute Gasteiger partial charge is 0.369 e. The number of carbonyl (C=O) groups excluding carboxylic acids is 1. The van der Waals surface area contributed by atoms with Gasteiger partial charge in [0.1, 0.15) is 6.61 Å². The van der Waals surface area contributed by atoms with E-state index in [9.17, 15) is 4.79 Å². The summed E-state index contributed by atoms with van der Waals surface area (Å²) >= 11 is 0. The van der Waals surface area contributed by atoms with Crippen molar-refractivity contribution in [3.8, 4) is 0 Å². The lowest BCUT2D eigenvalue weighted by atomic mass is 10.1. The number of carbonyl (C=O) groups is 1. The summed E-state index contributed by atoms with van der Waals surface area (Å²) < 4.78 is 5.21. The van der Waals surface area contributed by atoms with Gasteiger partial charge in [-0.25, -0.2) is 0 Å². The molecule has 70 valence electrons. The predicted octanol–water partition coefficient (Wildman–Crippen LogP) is 2.10. The molecule has 0 saturated carbocycles.